The van der Waals surface area contributed by atoms with Gasteiger partial charge in [-0.15, -0.1) is 6.58 Å². The second kappa shape index (κ2) is 6.49. The van der Waals surface area contributed by atoms with Gasteiger partial charge in [0.05, 0.1) is 28.2 Å². The van der Waals surface area contributed by atoms with Gasteiger partial charge in [0.1, 0.15) is 6.10 Å². The fourth-order valence-electron chi connectivity index (χ4n) is 7.76. The summed E-state index contributed by atoms with van der Waals surface area (Å²) in [6.45, 7) is 5.32. The van der Waals surface area contributed by atoms with Gasteiger partial charge in [0.15, 0.2) is 11.5 Å². The number of fused-ring (bicyclic) bond motifs is 1. The van der Waals surface area contributed by atoms with E-state index in [-0.39, 0.29) is 23.6 Å². The van der Waals surface area contributed by atoms with Crippen LogP contribution >= 0.6 is 0 Å². The minimum atomic E-state index is -1.10. The van der Waals surface area contributed by atoms with Crippen LogP contribution in [0.1, 0.15) is 51.1 Å². The van der Waals surface area contributed by atoms with Crippen LogP contribution in [-0.4, -0.2) is 68.7 Å². The van der Waals surface area contributed by atoms with Gasteiger partial charge in [0.25, 0.3) is 11.8 Å². The van der Waals surface area contributed by atoms with Crippen molar-refractivity contribution in [2.45, 2.75) is 54.9 Å². The first kappa shape index (κ1) is 20.2. The van der Waals surface area contributed by atoms with Crippen LogP contribution in [0.15, 0.2) is 49.1 Å². The maximum atomic E-state index is 13.4. The molecule has 7 heteroatoms. The first-order chi connectivity index (χ1) is 16.4. The molecule has 7 rings (SSSR count). The van der Waals surface area contributed by atoms with Crippen molar-refractivity contribution in [3.63, 3.8) is 0 Å². The van der Waals surface area contributed by atoms with Crippen molar-refractivity contribution in [3.05, 3.63) is 71.3 Å². The normalized spacial score (nSPS) is 35.1. The first-order valence-corrected chi connectivity index (χ1v) is 12.0. The number of carbonyl (C=O) groups excluding carboxylic acids is 2. The molecule has 2 aromatic carbocycles. The molecular weight excluding hydrogens is 432 g/mol. The number of benzene rings is 2. The molecule has 2 aliphatic carbocycles. The Labute approximate surface area is 197 Å². The molecule has 2 aromatic rings. The van der Waals surface area contributed by atoms with Gasteiger partial charge in [0, 0.05) is 18.2 Å². The summed E-state index contributed by atoms with van der Waals surface area (Å²) in [5.41, 5.74) is 0.854. The molecule has 5 aliphatic rings. The molecule has 0 aromatic heterocycles. The van der Waals surface area contributed by atoms with Crippen molar-refractivity contribution >= 4 is 11.8 Å². The SMILES string of the molecule is C=CCN1CCC23c4c5ccc(O)c4O[C@H]2C(N2C(=O)c4ccccc4C2=O)CC[C@@]3(O)[C@H]1C5. The highest BCUT2D eigenvalue weighted by Gasteiger charge is 2.74. The molecule has 2 unspecified atom stereocenters. The molecule has 2 amide bonds. The number of imide groups is 1. The summed E-state index contributed by atoms with van der Waals surface area (Å²) in [6.07, 6.45) is 3.40. The zero-order valence-electron chi connectivity index (χ0n) is 18.7. The van der Waals surface area contributed by atoms with E-state index in [1.54, 1.807) is 30.3 Å². The second-order valence-corrected chi connectivity index (χ2v) is 10.3. The number of amides is 2. The van der Waals surface area contributed by atoms with Crippen LogP contribution < -0.4 is 4.74 Å². The summed E-state index contributed by atoms with van der Waals surface area (Å²) in [6, 6.07) is 9.82. The van der Waals surface area contributed by atoms with Gasteiger partial charge in [0.2, 0.25) is 0 Å². The largest absolute Gasteiger partial charge is 0.504 e. The monoisotopic (exact) mass is 458 g/mol. The lowest BCUT2D eigenvalue weighted by atomic mass is 9.48. The fraction of sp³-hybridized carbons (Fsp3) is 0.407. The summed E-state index contributed by atoms with van der Waals surface area (Å²) in [7, 11) is 0. The molecular formula is C27H26N2O5. The highest BCUT2D eigenvalue weighted by molar-refractivity contribution is 6.21. The molecule has 1 saturated heterocycles. The Morgan fingerprint density at radius 2 is 1.85 bits per heavy atom. The zero-order chi connectivity index (χ0) is 23.4. The number of rotatable bonds is 3. The van der Waals surface area contributed by atoms with Gasteiger partial charge in [-0.25, -0.2) is 0 Å². The molecule has 3 aliphatic heterocycles. The van der Waals surface area contributed by atoms with E-state index in [4.69, 9.17) is 4.74 Å². The van der Waals surface area contributed by atoms with Crippen molar-refractivity contribution in [2.24, 2.45) is 0 Å². The maximum Gasteiger partial charge on any atom is 0.261 e. The van der Waals surface area contributed by atoms with Crippen molar-refractivity contribution in [3.8, 4) is 11.5 Å². The molecule has 7 nitrogen and oxygen atoms in total. The van der Waals surface area contributed by atoms with Crippen molar-refractivity contribution < 1.29 is 24.5 Å². The number of piperidine rings is 1. The lowest BCUT2D eigenvalue weighted by Gasteiger charge is -2.64. The minimum absolute atomic E-state index is 0.0398. The van der Waals surface area contributed by atoms with Crippen molar-refractivity contribution in [1.29, 1.82) is 0 Å². The molecule has 3 heterocycles. The Morgan fingerprint density at radius 1 is 1.12 bits per heavy atom. The number of nitrogens with zero attached hydrogens (tertiary/aromatic N) is 2. The van der Waals surface area contributed by atoms with Crippen molar-refractivity contribution in [2.75, 3.05) is 13.1 Å². The predicted octanol–water partition coefficient (Wildman–Crippen LogP) is 2.40. The van der Waals surface area contributed by atoms with Crippen molar-refractivity contribution in [1.82, 2.24) is 9.80 Å². The summed E-state index contributed by atoms with van der Waals surface area (Å²) < 4.78 is 6.50. The van der Waals surface area contributed by atoms with E-state index in [0.29, 0.717) is 49.1 Å². The third kappa shape index (κ3) is 2.11. The van der Waals surface area contributed by atoms with Crippen LogP contribution in [0.2, 0.25) is 0 Å². The van der Waals surface area contributed by atoms with Gasteiger partial charge < -0.3 is 14.9 Å². The predicted molar refractivity (Wildman–Crippen MR) is 123 cm³/mol. The van der Waals surface area contributed by atoms with Gasteiger partial charge in [-0.05, 0) is 56.0 Å². The number of hydrogen-bond acceptors (Lipinski definition) is 6. The number of phenolic OH excluding ortho intramolecular Hbond substituents is 1. The average molecular weight is 459 g/mol. The number of aliphatic hydroxyl groups is 1. The minimum Gasteiger partial charge on any atom is -0.504 e. The number of likely N-dealkylation sites (tertiary alicyclic amines) is 1. The van der Waals surface area contributed by atoms with Gasteiger partial charge in [-0.3, -0.25) is 19.4 Å². The first-order valence-electron chi connectivity index (χ1n) is 12.0. The Hall–Kier alpha value is -3.16. The highest BCUT2D eigenvalue weighted by Crippen LogP contribution is 2.66. The van der Waals surface area contributed by atoms with E-state index in [2.05, 4.69) is 11.5 Å². The molecule has 5 atom stereocenters. The van der Waals surface area contributed by atoms with Gasteiger partial charge >= 0.3 is 0 Å². The zero-order valence-corrected chi connectivity index (χ0v) is 18.7. The summed E-state index contributed by atoms with van der Waals surface area (Å²) in [5, 5.41) is 23.2. The highest BCUT2D eigenvalue weighted by atomic mass is 16.5. The van der Waals surface area contributed by atoms with Gasteiger partial charge in [-0.2, -0.15) is 0 Å². The lowest BCUT2D eigenvalue weighted by molar-refractivity contribution is -0.194. The number of hydrogen-bond donors (Lipinski definition) is 2. The van der Waals surface area contributed by atoms with Gasteiger partial charge in [-0.1, -0.05) is 24.3 Å². The molecule has 0 radical (unpaired) electrons. The average Bonchev–Trinajstić information content (AvgIpc) is 3.31. The Kier molecular flexibility index (Phi) is 3.86. The molecule has 2 bridgehead atoms. The molecule has 1 saturated carbocycles. The van der Waals surface area contributed by atoms with Crippen LogP contribution in [0, 0.1) is 0 Å². The Balaban J connectivity index is 1.40. The second-order valence-electron chi connectivity index (χ2n) is 10.3. The summed E-state index contributed by atoms with van der Waals surface area (Å²) in [5.74, 6) is -0.182. The lowest BCUT2D eigenvalue weighted by Crippen LogP contribution is -2.78. The topological polar surface area (TPSA) is 90.3 Å². The molecule has 34 heavy (non-hydrogen) atoms. The van der Waals surface area contributed by atoms with E-state index in [0.717, 1.165) is 17.7 Å². The van der Waals surface area contributed by atoms with Crippen LogP contribution in [0.5, 0.6) is 11.5 Å². The van der Waals surface area contributed by atoms with E-state index < -0.39 is 23.2 Å². The number of carbonyl (C=O) groups is 2. The number of phenols is 1. The molecule has 2 fully saturated rings. The number of ether oxygens (including phenoxy) is 1. The smallest absolute Gasteiger partial charge is 0.261 e. The standard InChI is InChI=1S/C27H26N2O5/c1-2-12-28-13-11-26-21-15-7-8-19(30)22(21)34-23(26)18(9-10-27(26,33)20(28)14-15)29-24(31)16-5-3-4-6-17(16)25(29)32/h2-8,18,20,23,30,33H,1,9-14H2/t18?,20-,23+,26?,27-/m1/s1. The van der Waals surface area contributed by atoms with E-state index in [1.165, 1.54) is 4.90 Å². The van der Waals surface area contributed by atoms with Crippen LogP contribution in [0.25, 0.3) is 0 Å². The quantitative estimate of drug-likeness (QED) is 0.542. The molecule has 174 valence electrons. The van der Waals surface area contributed by atoms with Crippen LogP contribution in [-0.2, 0) is 11.8 Å². The third-order valence-corrected chi connectivity index (χ3v) is 9.06. The van der Waals surface area contributed by atoms with Crippen LogP contribution in [0.4, 0.5) is 0 Å². The Morgan fingerprint density at radius 3 is 2.56 bits per heavy atom. The van der Waals surface area contributed by atoms with E-state index in [1.807, 2.05) is 12.1 Å². The molecule has 1 spiro atoms. The fourth-order valence-corrected chi connectivity index (χ4v) is 7.76. The number of aromatic hydroxyl groups is 1. The maximum absolute atomic E-state index is 13.4. The summed E-state index contributed by atoms with van der Waals surface area (Å²) in [4.78, 5) is 30.4. The van der Waals surface area contributed by atoms with E-state index >= 15 is 0 Å². The Bertz CT molecular complexity index is 1250. The van der Waals surface area contributed by atoms with E-state index in [9.17, 15) is 19.8 Å². The molecule has 2 N–H and O–H groups in total. The van der Waals surface area contributed by atoms with Crippen LogP contribution in [0.3, 0.4) is 0 Å². The third-order valence-electron chi connectivity index (χ3n) is 9.06. The summed E-state index contributed by atoms with van der Waals surface area (Å²) >= 11 is 0.